The standard InChI is InChI=1S/C9H16N2OS/c1-7(12-2)5-11-6-9-8(10)3-4-13-9/h3-4,7,11H,5-6,10H2,1-2H3. The van der Waals surface area contributed by atoms with E-state index in [9.17, 15) is 0 Å². The molecule has 3 nitrogen and oxygen atoms in total. The molecule has 1 rings (SSSR count). The fraction of sp³-hybridized carbons (Fsp3) is 0.556. The van der Waals surface area contributed by atoms with E-state index in [1.165, 1.54) is 4.88 Å². The maximum Gasteiger partial charge on any atom is 0.0667 e. The van der Waals surface area contributed by atoms with Crippen molar-refractivity contribution in [3.63, 3.8) is 0 Å². The van der Waals surface area contributed by atoms with Crippen molar-refractivity contribution < 1.29 is 4.74 Å². The van der Waals surface area contributed by atoms with Crippen LogP contribution in [0.5, 0.6) is 0 Å². The van der Waals surface area contributed by atoms with Crippen LogP contribution >= 0.6 is 11.3 Å². The maximum atomic E-state index is 5.73. The van der Waals surface area contributed by atoms with Gasteiger partial charge in [-0.3, -0.25) is 0 Å². The van der Waals surface area contributed by atoms with Gasteiger partial charge in [-0.15, -0.1) is 11.3 Å². The zero-order valence-electron chi connectivity index (χ0n) is 8.04. The Morgan fingerprint density at radius 2 is 2.46 bits per heavy atom. The van der Waals surface area contributed by atoms with Crippen molar-refractivity contribution in [2.24, 2.45) is 0 Å². The number of nitrogens with one attached hydrogen (secondary N) is 1. The highest BCUT2D eigenvalue weighted by Crippen LogP contribution is 2.17. The average molecular weight is 200 g/mol. The number of hydrogen-bond donors (Lipinski definition) is 2. The minimum atomic E-state index is 0.251. The van der Waals surface area contributed by atoms with Crippen molar-refractivity contribution in [2.75, 3.05) is 19.4 Å². The third-order valence-corrected chi connectivity index (χ3v) is 2.84. The predicted molar refractivity (Wildman–Crippen MR) is 56.9 cm³/mol. The van der Waals surface area contributed by atoms with E-state index in [2.05, 4.69) is 5.32 Å². The Bertz CT molecular complexity index is 250. The van der Waals surface area contributed by atoms with Crippen LogP contribution in [-0.4, -0.2) is 19.8 Å². The summed E-state index contributed by atoms with van der Waals surface area (Å²) < 4.78 is 5.11. The van der Waals surface area contributed by atoms with Crippen molar-refractivity contribution in [3.8, 4) is 0 Å². The smallest absolute Gasteiger partial charge is 0.0667 e. The summed E-state index contributed by atoms with van der Waals surface area (Å²) >= 11 is 1.68. The zero-order chi connectivity index (χ0) is 9.68. The van der Waals surface area contributed by atoms with Crippen molar-refractivity contribution in [2.45, 2.75) is 19.6 Å². The molecule has 0 aromatic carbocycles. The van der Waals surface area contributed by atoms with Crippen LogP contribution in [0.2, 0.25) is 0 Å². The van der Waals surface area contributed by atoms with Crippen LogP contribution < -0.4 is 11.1 Å². The molecule has 1 atom stereocenters. The predicted octanol–water partition coefficient (Wildman–Crippen LogP) is 1.45. The van der Waals surface area contributed by atoms with E-state index in [1.807, 2.05) is 18.4 Å². The van der Waals surface area contributed by atoms with Gasteiger partial charge in [-0.25, -0.2) is 0 Å². The Morgan fingerprint density at radius 3 is 3.00 bits per heavy atom. The average Bonchev–Trinajstić information content (AvgIpc) is 2.52. The van der Waals surface area contributed by atoms with E-state index >= 15 is 0 Å². The molecule has 0 amide bonds. The summed E-state index contributed by atoms with van der Waals surface area (Å²) in [4.78, 5) is 1.20. The van der Waals surface area contributed by atoms with Crippen molar-refractivity contribution >= 4 is 17.0 Å². The topological polar surface area (TPSA) is 47.3 Å². The van der Waals surface area contributed by atoms with Crippen LogP contribution in [0.4, 0.5) is 5.69 Å². The van der Waals surface area contributed by atoms with E-state index in [1.54, 1.807) is 18.4 Å². The molecule has 0 aliphatic heterocycles. The molecular weight excluding hydrogens is 184 g/mol. The molecule has 1 aromatic rings. The number of nitrogen functional groups attached to an aromatic ring is 1. The van der Waals surface area contributed by atoms with Gasteiger partial charge in [0, 0.05) is 30.8 Å². The molecule has 0 saturated carbocycles. The van der Waals surface area contributed by atoms with Gasteiger partial charge in [0.1, 0.15) is 0 Å². The van der Waals surface area contributed by atoms with Crippen LogP contribution in [0.1, 0.15) is 11.8 Å². The van der Waals surface area contributed by atoms with E-state index in [0.717, 1.165) is 18.8 Å². The van der Waals surface area contributed by atoms with Gasteiger partial charge in [0.05, 0.1) is 6.10 Å². The molecule has 74 valence electrons. The van der Waals surface area contributed by atoms with Crippen molar-refractivity contribution in [3.05, 3.63) is 16.3 Å². The van der Waals surface area contributed by atoms with Crippen LogP contribution in [0, 0.1) is 0 Å². The first-order chi connectivity index (χ1) is 6.24. The Kier molecular flexibility index (Phi) is 4.21. The largest absolute Gasteiger partial charge is 0.398 e. The lowest BCUT2D eigenvalue weighted by Gasteiger charge is -2.09. The monoisotopic (exact) mass is 200 g/mol. The number of hydrogen-bond acceptors (Lipinski definition) is 4. The lowest BCUT2D eigenvalue weighted by Crippen LogP contribution is -2.25. The third kappa shape index (κ3) is 3.34. The Balaban J connectivity index is 2.24. The summed E-state index contributed by atoms with van der Waals surface area (Å²) in [6, 6.07) is 1.93. The number of nitrogens with two attached hydrogens (primary N) is 1. The molecular formula is C9H16N2OS. The molecule has 4 heteroatoms. The molecule has 1 unspecified atom stereocenters. The molecule has 0 spiro atoms. The lowest BCUT2D eigenvalue weighted by molar-refractivity contribution is 0.117. The Morgan fingerprint density at radius 1 is 1.69 bits per heavy atom. The van der Waals surface area contributed by atoms with E-state index in [4.69, 9.17) is 10.5 Å². The summed E-state index contributed by atoms with van der Waals surface area (Å²) in [7, 11) is 1.71. The minimum Gasteiger partial charge on any atom is -0.398 e. The van der Waals surface area contributed by atoms with Crippen LogP contribution in [0.3, 0.4) is 0 Å². The van der Waals surface area contributed by atoms with Crippen LogP contribution in [0.25, 0.3) is 0 Å². The molecule has 0 radical (unpaired) electrons. The van der Waals surface area contributed by atoms with Gasteiger partial charge in [-0.2, -0.15) is 0 Å². The van der Waals surface area contributed by atoms with Gasteiger partial charge in [0.25, 0.3) is 0 Å². The Labute approximate surface area is 82.9 Å². The van der Waals surface area contributed by atoms with Gasteiger partial charge >= 0.3 is 0 Å². The summed E-state index contributed by atoms with van der Waals surface area (Å²) in [5.74, 6) is 0. The van der Waals surface area contributed by atoms with E-state index in [0.29, 0.717) is 0 Å². The van der Waals surface area contributed by atoms with Crippen LogP contribution in [-0.2, 0) is 11.3 Å². The lowest BCUT2D eigenvalue weighted by atomic mass is 10.3. The van der Waals surface area contributed by atoms with Gasteiger partial charge in [0.15, 0.2) is 0 Å². The van der Waals surface area contributed by atoms with Crippen molar-refractivity contribution in [1.29, 1.82) is 0 Å². The fourth-order valence-electron chi connectivity index (χ4n) is 0.966. The second-order valence-corrected chi connectivity index (χ2v) is 3.98. The first-order valence-corrected chi connectivity index (χ1v) is 5.17. The normalized spacial score (nSPS) is 13.1. The number of thiophene rings is 1. The quantitative estimate of drug-likeness (QED) is 0.756. The molecule has 0 bridgehead atoms. The molecule has 0 aliphatic carbocycles. The number of methoxy groups -OCH3 is 1. The number of ether oxygens (including phenoxy) is 1. The van der Waals surface area contributed by atoms with Gasteiger partial charge in [-0.1, -0.05) is 0 Å². The van der Waals surface area contributed by atoms with E-state index in [-0.39, 0.29) is 6.10 Å². The van der Waals surface area contributed by atoms with Gasteiger partial charge < -0.3 is 15.8 Å². The highest BCUT2D eigenvalue weighted by atomic mass is 32.1. The summed E-state index contributed by atoms with van der Waals surface area (Å²) in [6.07, 6.45) is 0.251. The number of rotatable bonds is 5. The molecule has 13 heavy (non-hydrogen) atoms. The minimum absolute atomic E-state index is 0.251. The molecule has 1 aromatic heterocycles. The molecule has 0 fully saturated rings. The van der Waals surface area contributed by atoms with Crippen LogP contribution in [0.15, 0.2) is 11.4 Å². The maximum absolute atomic E-state index is 5.73. The van der Waals surface area contributed by atoms with Crippen molar-refractivity contribution in [1.82, 2.24) is 5.32 Å². The highest BCUT2D eigenvalue weighted by molar-refractivity contribution is 7.10. The van der Waals surface area contributed by atoms with E-state index < -0.39 is 0 Å². The first kappa shape index (κ1) is 10.5. The molecule has 0 aliphatic rings. The Hall–Kier alpha value is -0.580. The SMILES string of the molecule is COC(C)CNCc1sccc1N. The third-order valence-electron chi connectivity index (χ3n) is 1.90. The second kappa shape index (κ2) is 5.21. The van der Waals surface area contributed by atoms with Gasteiger partial charge in [0.2, 0.25) is 0 Å². The number of anilines is 1. The summed E-state index contributed by atoms with van der Waals surface area (Å²) in [5, 5.41) is 5.29. The molecule has 1 heterocycles. The highest BCUT2D eigenvalue weighted by Gasteiger charge is 2.01. The second-order valence-electron chi connectivity index (χ2n) is 2.98. The zero-order valence-corrected chi connectivity index (χ0v) is 8.86. The summed E-state index contributed by atoms with van der Waals surface area (Å²) in [5.41, 5.74) is 6.61. The molecule has 3 N–H and O–H groups in total. The fourth-order valence-corrected chi connectivity index (χ4v) is 1.73. The molecule has 0 saturated heterocycles. The van der Waals surface area contributed by atoms with Gasteiger partial charge in [-0.05, 0) is 18.4 Å². The first-order valence-electron chi connectivity index (χ1n) is 4.29. The summed E-state index contributed by atoms with van der Waals surface area (Å²) in [6.45, 7) is 3.72.